The van der Waals surface area contributed by atoms with Crippen molar-refractivity contribution in [3.63, 3.8) is 0 Å². The minimum Gasteiger partial charge on any atom is -0.380 e. The van der Waals surface area contributed by atoms with E-state index in [-0.39, 0.29) is 12.5 Å². The zero-order valence-corrected chi connectivity index (χ0v) is 12.5. The van der Waals surface area contributed by atoms with Crippen molar-refractivity contribution < 1.29 is 22.7 Å². The summed E-state index contributed by atoms with van der Waals surface area (Å²) in [6, 6.07) is 11.8. The molecule has 1 amide bonds. The Balaban J connectivity index is 2.03. The highest BCUT2D eigenvalue weighted by Gasteiger charge is 2.30. The van der Waals surface area contributed by atoms with Crippen molar-refractivity contribution >= 4 is 5.91 Å². The van der Waals surface area contributed by atoms with Crippen molar-refractivity contribution in [1.82, 2.24) is 5.32 Å². The van der Waals surface area contributed by atoms with Crippen molar-refractivity contribution in [2.75, 3.05) is 7.11 Å². The van der Waals surface area contributed by atoms with Crippen molar-refractivity contribution in [3.8, 4) is 0 Å². The fourth-order valence-electron chi connectivity index (χ4n) is 2.11. The number of ether oxygens (including phenoxy) is 1. The van der Waals surface area contributed by atoms with Gasteiger partial charge in [-0.2, -0.15) is 13.2 Å². The molecule has 0 unspecified atom stereocenters. The summed E-state index contributed by atoms with van der Waals surface area (Å²) in [5.74, 6) is -0.347. The number of benzene rings is 2. The van der Waals surface area contributed by atoms with Crippen molar-refractivity contribution in [1.29, 1.82) is 0 Å². The van der Waals surface area contributed by atoms with Crippen LogP contribution in [0.4, 0.5) is 13.2 Å². The van der Waals surface area contributed by atoms with Gasteiger partial charge in [-0.05, 0) is 35.4 Å². The monoisotopic (exact) mass is 323 g/mol. The third kappa shape index (κ3) is 4.82. The predicted molar refractivity (Wildman–Crippen MR) is 79.8 cm³/mol. The lowest BCUT2D eigenvalue weighted by molar-refractivity contribution is -0.137. The molecule has 2 aromatic carbocycles. The number of nitrogens with one attached hydrogen (secondary N) is 1. The molecule has 6 heteroatoms. The molecular weight excluding hydrogens is 307 g/mol. The minimum absolute atomic E-state index is 0.0251. The lowest BCUT2D eigenvalue weighted by Crippen LogP contribution is -2.23. The first-order valence-corrected chi connectivity index (χ1v) is 6.92. The number of hydrogen-bond acceptors (Lipinski definition) is 2. The van der Waals surface area contributed by atoms with Crippen LogP contribution in [-0.2, 0) is 24.1 Å². The summed E-state index contributed by atoms with van der Waals surface area (Å²) >= 11 is 0. The van der Waals surface area contributed by atoms with Crippen LogP contribution >= 0.6 is 0 Å². The van der Waals surface area contributed by atoms with Gasteiger partial charge in [0.25, 0.3) is 5.91 Å². The van der Waals surface area contributed by atoms with Crippen molar-refractivity contribution in [2.24, 2.45) is 0 Å². The average Bonchev–Trinajstić information content (AvgIpc) is 2.53. The van der Waals surface area contributed by atoms with Crippen LogP contribution in [0, 0.1) is 0 Å². The first kappa shape index (κ1) is 17.0. The number of rotatable bonds is 5. The number of hydrogen-bond donors (Lipinski definition) is 1. The number of carbonyl (C=O) groups excluding carboxylic acids is 1. The largest absolute Gasteiger partial charge is 0.416 e. The van der Waals surface area contributed by atoms with Crippen LogP contribution in [0.5, 0.6) is 0 Å². The highest BCUT2D eigenvalue weighted by atomic mass is 19.4. The molecule has 23 heavy (non-hydrogen) atoms. The Kier molecular flexibility index (Phi) is 5.39. The Hall–Kier alpha value is -2.34. The van der Waals surface area contributed by atoms with Crippen LogP contribution in [0.2, 0.25) is 0 Å². The van der Waals surface area contributed by atoms with E-state index >= 15 is 0 Å². The molecule has 122 valence electrons. The molecule has 3 nitrogen and oxygen atoms in total. The highest BCUT2D eigenvalue weighted by molar-refractivity contribution is 5.94. The van der Waals surface area contributed by atoms with Gasteiger partial charge in [0.05, 0.1) is 12.2 Å². The highest BCUT2D eigenvalue weighted by Crippen LogP contribution is 2.29. The lowest BCUT2D eigenvalue weighted by Gasteiger charge is -2.10. The van der Waals surface area contributed by atoms with E-state index in [0.717, 1.165) is 17.7 Å². The van der Waals surface area contributed by atoms with E-state index in [1.54, 1.807) is 25.3 Å². The third-order valence-corrected chi connectivity index (χ3v) is 3.21. The SMILES string of the molecule is COCc1cccc(C(=O)NCc2cccc(C(F)(F)F)c2)c1. The van der Waals surface area contributed by atoms with Gasteiger partial charge in [0.2, 0.25) is 0 Å². The van der Waals surface area contributed by atoms with Crippen LogP contribution < -0.4 is 5.32 Å². The Morgan fingerprint density at radius 2 is 1.78 bits per heavy atom. The summed E-state index contributed by atoms with van der Waals surface area (Å²) in [5.41, 5.74) is 0.943. The predicted octanol–water partition coefficient (Wildman–Crippen LogP) is 3.78. The molecule has 0 atom stereocenters. The first-order chi connectivity index (χ1) is 10.9. The molecule has 0 aliphatic carbocycles. The Morgan fingerprint density at radius 3 is 2.48 bits per heavy atom. The Labute approximate surface area is 132 Å². The molecular formula is C17H16F3NO2. The second kappa shape index (κ2) is 7.28. The van der Waals surface area contributed by atoms with Crippen LogP contribution in [0.3, 0.4) is 0 Å². The standard InChI is InChI=1S/C17H16F3NO2/c1-23-11-13-5-2-6-14(8-13)16(22)21-10-12-4-3-7-15(9-12)17(18,19)20/h2-9H,10-11H2,1H3,(H,21,22). The fourth-order valence-corrected chi connectivity index (χ4v) is 2.11. The summed E-state index contributed by atoms with van der Waals surface area (Å²) in [6.07, 6.45) is -4.39. The summed E-state index contributed by atoms with van der Waals surface area (Å²) in [5, 5.41) is 2.62. The van der Waals surface area contributed by atoms with Crippen LogP contribution in [0.1, 0.15) is 27.0 Å². The van der Waals surface area contributed by atoms with Crippen LogP contribution in [0.25, 0.3) is 0 Å². The molecule has 1 N–H and O–H groups in total. The zero-order valence-electron chi connectivity index (χ0n) is 12.5. The van der Waals surface area contributed by atoms with E-state index in [9.17, 15) is 18.0 Å². The molecule has 0 aliphatic heterocycles. The molecule has 0 saturated carbocycles. The molecule has 0 aromatic heterocycles. The van der Waals surface area contributed by atoms with Gasteiger partial charge in [0.1, 0.15) is 0 Å². The third-order valence-electron chi connectivity index (χ3n) is 3.21. The molecule has 2 rings (SSSR count). The molecule has 2 aromatic rings. The molecule has 0 bridgehead atoms. The first-order valence-electron chi connectivity index (χ1n) is 6.92. The molecule has 0 spiro atoms. The number of halogens is 3. The number of carbonyl (C=O) groups is 1. The van der Waals surface area contributed by atoms with Crippen molar-refractivity contribution in [3.05, 3.63) is 70.8 Å². The molecule has 0 heterocycles. The second-order valence-corrected chi connectivity index (χ2v) is 5.01. The molecule has 0 aliphatic rings. The quantitative estimate of drug-likeness (QED) is 0.909. The van der Waals surface area contributed by atoms with Gasteiger partial charge in [-0.3, -0.25) is 4.79 Å². The molecule has 0 saturated heterocycles. The Bertz CT molecular complexity index is 684. The van der Waals surface area contributed by atoms with Gasteiger partial charge in [0, 0.05) is 19.2 Å². The normalized spacial score (nSPS) is 11.3. The summed E-state index contributed by atoms with van der Waals surface area (Å²) in [6.45, 7) is 0.409. The van der Waals surface area contributed by atoms with Gasteiger partial charge < -0.3 is 10.1 Å². The summed E-state index contributed by atoms with van der Waals surface area (Å²) < 4.78 is 42.9. The average molecular weight is 323 g/mol. The fraction of sp³-hybridized carbons (Fsp3) is 0.235. The van der Waals surface area contributed by atoms with Gasteiger partial charge in [-0.1, -0.05) is 24.3 Å². The maximum atomic E-state index is 12.6. The topological polar surface area (TPSA) is 38.3 Å². The number of amides is 1. The maximum absolute atomic E-state index is 12.6. The summed E-state index contributed by atoms with van der Waals surface area (Å²) in [4.78, 5) is 12.1. The van der Waals surface area contributed by atoms with E-state index in [1.165, 1.54) is 12.1 Å². The molecule has 0 fully saturated rings. The van der Waals surface area contributed by atoms with E-state index in [2.05, 4.69) is 5.32 Å². The smallest absolute Gasteiger partial charge is 0.380 e. The van der Waals surface area contributed by atoms with E-state index in [4.69, 9.17) is 4.74 Å². The zero-order chi connectivity index (χ0) is 16.9. The van der Waals surface area contributed by atoms with Gasteiger partial charge in [-0.25, -0.2) is 0 Å². The second-order valence-electron chi connectivity index (χ2n) is 5.01. The van der Waals surface area contributed by atoms with Crippen LogP contribution in [-0.4, -0.2) is 13.0 Å². The van der Waals surface area contributed by atoms with Crippen LogP contribution in [0.15, 0.2) is 48.5 Å². The van der Waals surface area contributed by atoms with Crippen molar-refractivity contribution in [2.45, 2.75) is 19.3 Å². The maximum Gasteiger partial charge on any atom is 0.416 e. The van der Waals surface area contributed by atoms with Gasteiger partial charge in [-0.15, -0.1) is 0 Å². The lowest BCUT2D eigenvalue weighted by atomic mass is 10.1. The molecule has 0 radical (unpaired) electrons. The van der Waals surface area contributed by atoms with E-state index in [0.29, 0.717) is 17.7 Å². The van der Waals surface area contributed by atoms with Gasteiger partial charge in [0.15, 0.2) is 0 Å². The number of alkyl halides is 3. The summed E-state index contributed by atoms with van der Waals surface area (Å²) in [7, 11) is 1.56. The number of methoxy groups -OCH3 is 1. The van der Waals surface area contributed by atoms with Gasteiger partial charge >= 0.3 is 6.18 Å². The Morgan fingerprint density at radius 1 is 1.09 bits per heavy atom. The van der Waals surface area contributed by atoms with E-state index < -0.39 is 11.7 Å². The minimum atomic E-state index is -4.39. The van der Waals surface area contributed by atoms with E-state index in [1.807, 2.05) is 6.07 Å².